The number of hydrogen-bond acceptors (Lipinski definition) is 14. The van der Waals surface area contributed by atoms with Gasteiger partial charge in [-0.25, -0.2) is 9.59 Å². The molecule has 2 aliphatic carbocycles. The summed E-state index contributed by atoms with van der Waals surface area (Å²) < 4.78 is 37.9. The van der Waals surface area contributed by atoms with Crippen molar-refractivity contribution in [3.05, 3.63) is 115 Å². The molecule has 8 atom stereocenters. The topological polar surface area (TPSA) is 199 Å². The lowest BCUT2D eigenvalue weighted by Crippen LogP contribution is -2.45. The number of aliphatic hydroxyl groups is 2. The van der Waals surface area contributed by atoms with Crippen LogP contribution in [0.4, 0.5) is 0 Å². The summed E-state index contributed by atoms with van der Waals surface area (Å²) in [5, 5.41) is 22.0. The van der Waals surface area contributed by atoms with Crippen LogP contribution in [0.1, 0.15) is 97.6 Å². The quantitative estimate of drug-likeness (QED) is 0.183. The van der Waals surface area contributed by atoms with Gasteiger partial charge in [-0.1, -0.05) is 0 Å². The van der Waals surface area contributed by atoms with Crippen LogP contribution in [0, 0.1) is 0 Å². The zero-order chi connectivity index (χ0) is 45.4. The van der Waals surface area contributed by atoms with Gasteiger partial charge in [0.2, 0.25) is 11.1 Å². The zero-order valence-corrected chi connectivity index (χ0v) is 36.8. The fourth-order valence-corrected chi connectivity index (χ4v) is 9.58. The molecule has 0 amide bonds. The Labute approximate surface area is 370 Å². The predicted octanol–water partition coefficient (Wildman–Crippen LogP) is 4.12. The van der Waals surface area contributed by atoms with E-state index < -0.39 is 36.4 Å². The number of aryl methyl sites for hydroxylation is 2. The number of nitrogens with zero attached hydrogens (tertiary/aromatic N) is 4. The van der Waals surface area contributed by atoms with Crippen LogP contribution < -0.4 is 30.1 Å². The fourth-order valence-electron chi connectivity index (χ4n) is 9.58. The molecule has 4 heterocycles. The van der Waals surface area contributed by atoms with Gasteiger partial charge in [-0.3, -0.25) is 19.6 Å². The zero-order valence-electron chi connectivity index (χ0n) is 36.8. The van der Waals surface area contributed by atoms with Crippen molar-refractivity contribution in [1.29, 1.82) is 0 Å². The molecule has 16 heteroatoms. The minimum atomic E-state index is -2.19. The number of rotatable bonds is 13. The summed E-state index contributed by atoms with van der Waals surface area (Å²) in [5.41, 5.74) is 6.05. The van der Waals surface area contributed by atoms with Crippen molar-refractivity contribution in [2.75, 3.05) is 27.4 Å². The van der Waals surface area contributed by atoms with Crippen molar-refractivity contribution in [3.8, 4) is 23.0 Å². The highest BCUT2D eigenvalue weighted by atomic mass is 16.6. The van der Waals surface area contributed by atoms with Crippen LogP contribution in [0.25, 0.3) is 0 Å². The monoisotopic (exact) mass is 878 g/mol. The van der Waals surface area contributed by atoms with Crippen molar-refractivity contribution in [3.63, 3.8) is 0 Å². The maximum absolute atomic E-state index is 13.4. The summed E-state index contributed by atoms with van der Waals surface area (Å²) in [6, 6.07) is 13.7. The van der Waals surface area contributed by atoms with Crippen LogP contribution in [0.15, 0.2) is 80.5 Å². The van der Waals surface area contributed by atoms with Crippen molar-refractivity contribution < 1.29 is 48.2 Å². The van der Waals surface area contributed by atoms with Gasteiger partial charge < -0.3 is 47.8 Å². The molecule has 8 rings (SSSR count). The minimum absolute atomic E-state index is 0.147. The molecule has 16 nitrogen and oxygen atoms in total. The molecule has 64 heavy (non-hydrogen) atoms. The Morgan fingerprint density at radius 1 is 0.641 bits per heavy atom. The summed E-state index contributed by atoms with van der Waals surface area (Å²) >= 11 is 0. The Morgan fingerprint density at radius 2 is 1.05 bits per heavy atom. The van der Waals surface area contributed by atoms with E-state index >= 15 is 0 Å². The molecular formula is C48H54N4O12. The maximum atomic E-state index is 13.4. The summed E-state index contributed by atoms with van der Waals surface area (Å²) in [5.74, 6) is -0.533. The van der Waals surface area contributed by atoms with Gasteiger partial charge in [0.25, 0.3) is 0 Å². The van der Waals surface area contributed by atoms with Gasteiger partial charge in [-0.15, -0.1) is 0 Å². The molecule has 0 saturated heterocycles. The van der Waals surface area contributed by atoms with E-state index in [1.54, 1.807) is 52.8 Å². The fraction of sp³-hybridized carbons (Fsp3) is 0.458. The second kappa shape index (κ2) is 18.5. The van der Waals surface area contributed by atoms with Gasteiger partial charge >= 0.3 is 11.9 Å². The third-order valence-corrected chi connectivity index (χ3v) is 12.8. The van der Waals surface area contributed by atoms with Crippen molar-refractivity contribution in [2.45, 2.75) is 101 Å². The predicted molar refractivity (Wildman–Crippen MR) is 236 cm³/mol. The summed E-state index contributed by atoms with van der Waals surface area (Å²) in [7, 11) is 6.49. The molecule has 2 unspecified atom stereocenters. The van der Waals surface area contributed by atoms with E-state index in [1.807, 2.05) is 38.1 Å². The molecule has 2 aromatic carbocycles. The Hall–Kier alpha value is -6.26. The van der Waals surface area contributed by atoms with Crippen LogP contribution in [0.3, 0.4) is 0 Å². The first kappa shape index (κ1) is 44.4. The SMILES string of the molecule is CCOc1cc2c(cc1OC)C(c1ccc(=O)n(C)c1)=N[C@H]1CC[C@H](OC(=O)C(O)C(O)C(=O)O[C@H]3CC[C@@H]4N=C(c5ccc(=O)n(C)c5)c5cc(OC)c(OCC)cc5[C@@H]4C3)C[C@@H]21. The Balaban J connectivity index is 0.958. The molecule has 2 aromatic heterocycles. The van der Waals surface area contributed by atoms with Gasteiger partial charge in [0.1, 0.15) is 12.2 Å². The Kier molecular flexibility index (Phi) is 12.8. The van der Waals surface area contributed by atoms with E-state index in [1.165, 1.54) is 21.3 Å². The van der Waals surface area contributed by atoms with Gasteiger partial charge in [0.05, 0.1) is 50.9 Å². The number of methoxy groups -OCH3 is 2. The highest BCUT2D eigenvalue weighted by molar-refractivity contribution is 6.15. The number of hydrogen-bond donors (Lipinski definition) is 2. The van der Waals surface area contributed by atoms with Gasteiger partial charge in [-0.2, -0.15) is 0 Å². The van der Waals surface area contributed by atoms with E-state index in [0.717, 1.165) is 33.4 Å². The van der Waals surface area contributed by atoms with Gasteiger partial charge in [0, 0.05) is 72.7 Å². The molecule has 0 spiro atoms. The first-order chi connectivity index (χ1) is 30.8. The molecule has 0 bridgehead atoms. The number of aliphatic hydroxyl groups excluding tert-OH is 2. The van der Waals surface area contributed by atoms with Gasteiger partial charge in [-0.05, 0) is 99.9 Å². The average Bonchev–Trinajstić information content (AvgIpc) is 3.29. The van der Waals surface area contributed by atoms with Crippen LogP contribution in [-0.2, 0) is 33.2 Å². The first-order valence-corrected chi connectivity index (χ1v) is 21.8. The number of aromatic nitrogens is 2. The highest BCUT2D eigenvalue weighted by Crippen LogP contribution is 2.47. The maximum Gasteiger partial charge on any atom is 0.338 e. The summed E-state index contributed by atoms with van der Waals surface area (Å²) in [4.78, 5) is 61.7. The van der Waals surface area contributed by atoms with E-state index in [9.17, 15) is 29.4 Å². The molecule has 4 aliphatic rings. The lowest BCUT2D eigenvalue weighted by atomic mass is 9.74. The largest absolute Gasteiger partial charge is 0.493 e. The molecular weight excluding hydrogens is 825 g/mol. The normalized spacial score (nSPS) is 23.1. The first-order valence-electron chi connectivity index (χ1n) is 21.8. The van der Waals surface area contributed by atoms with Crippen molar-refractivity contribution in [2.24, 2.45) is 24.1 Å². The number of esters is 2. The van der Waals surface area contributed by atoms with Crippen molar-refractivity contribution in [1.82, 2.24) is 9.13 Å². The molecule has 4 aromatic rings. The molecule has 2 aliphatic heterocycles. The average molecular weight is 879 g/mol. The Bertz CT molecular complexity index is 2450. The Morgan fingerprint density at radius 3 is 1.41 bits per heavy atom. The number of ether oxygens (including phenoxy) is 6. The number of fused-ring (bicyclic) bond motifs is 6. The van der Waals surface area contributed by atoms with Crippen molar-refractivity contribution >= 4 is 23.4 Å². The number of carbonyl (C=O) groups is 2. The number of benzene rings is 2. The highest BCUT2D eigenvalue weighted by Gasteiger charge is 2.43. The third-order valence-electron chi connectivity index (χ3n) is 12.8. The smallest absolute Gasteiger partial charge is 0.338 e. The third kappa shape index (κ3) is 8.55. The number of pyridine rings is 2. The molecule has 338 valence electrons. The molecule has 2 saturated carbocycles. The lowest BCUT2D eigenvalue weighted by Gasteiger charge is -2.39. The van der Waals surface area contributed by atoms with E-state index in [4.69, 9.17) is 38.4 Å². The van der Waals surface area contributed by atoms with E-state index in [-0.39, 0.29) is 35.0 Å². The van der Waals surface area contributed by atoms with E-state index in [2.05, 4.69) is 0 Å². The second-order valence-corrected chi connectivity index (χ2v) is 16.7. The molecule has 2 N–H and O–H groups in total. The van der Waals surface area contributed by atoms with Crippen LogP contribution in [-0.4, -0.2) is 107 Å². The summed E-state index contributed by atoms with van der Waals surface area (Å²) in [6.07, 6.45) is 0.445. The number of aliphatic imine (C=N–C) groups is 2. The molecule has 2 fully saturated rings. The van der Waals surface area contributed by atoms with Gasteiger partial charge in [0.15, 0.2) is 35.2 Å². The van der Waals surface area contributed by atoms with Crippen LogP contribution in [0.2, 0.25) is 0 Å². The van der Waals surface area contributed by atoms with Crippen LogP contribution >= 0.6 is 0 Å². The van der Waals surface area contributed by atoms with E-state index in [0.29, 0.717) is 86.2 Å². The summed E-state index contributed by atoms with van der Waals surface area (Å²) in [6.45, 7) is 4.57. The standard InChI is InChI=1S/C48H54N4O12/c1-7-61-39-19-29-31-17-27(11-13-35(31)49-43(33(29)21-37(39)59-5)25-9-15-41(53)51(3)23-25)63-47(57)45(55)46(56)48(58)64-28-12-14-36-32(18-28)30-20-40(62-8-2)38(60-6)22-34(30)44(50-36)26-10-16-42(54)52(4)24-26/h9-10,15-16,19-24,27-28,31-32,35-36,45-46,55-56H,7-8,11-14,17-18H2,1-6H3/t27-,28-,31-,32-,35-,36-,45?,46?/m0/s1. The lowest BCUT2D eigenvalue weighted by molar-refractivity contribution is -0.180. The van der Waals surface area contributed by atoms with Crippen LogP contribution in [0.5, 0.6) is 23.0 Å². The second-order valence-electron chi connectivity index (χ2n) is 16.7. The minimum Gasteiger partial charge on any atom is -0.493 e. The number of carbonyl (C=O) groups excluding carboxylic acids is 2. The molecule has 0 radical (unpaired) electrons.